The molecule has 7 aromatic rings. The third-order valence-electron chi connectivity index (χ3n) is 9.72. The highest BCUT2D eigenvalue weighted by Crippen LogP contribution is 2.45. The summed E-state index contributed by atoms with van der Waals surface area (Å²) in [5.41, 5.74) is 8.38. The minimum absolute atomic E-state index is 0.381. The van der Waals surface area contributed by atoms with Crippen molar-refractivity contribution in [2.24, 2.45) is 0 Å². The number of benzene rings is 6. The molecule has 0 unspecified atom stereocenters. The van der Waals surface area contributed by atoms with Crippen LogP contribution in [0.3, 0.4) is 0 Å². The van der Waals surface area contributed by atoms with Gasteiger partial charge < -0.3 is 14.2 Å². The summed E-state index contributed by atoms with van der Waals surface area (Å²) in [7, 11) is -0.392. The average Bonchev–Trinajstić information content (AvgIpc) is 3.58. The zero-order valence-corrected chi connectivity index (χ0v) is 27.9. The Kier molecular flexibility index (Phi) is 7.29. The third kappa shape index (κ3) is 5.35. The first-order valence-electron chi connectivity index (χ1n) is 16.2. The second-order valence-corrected chi connectivity index (χ2v) is 14.3. The lowest BCUT2D eigenvalue weighted by Crippen LogP contribution is -2.41. The monoisotopic (exact) mass is 629 g/mol. The van der Waals surface area contributed by atoms with E-state index in [1.165, 1.54) is 36.9 Å². The van der Waals surface area contributed by atoms with Crippen LogP contribution in [0, 0.1) is 0 Å². The summed E-state index contributed by atoms with van der Waals surface area (Å²) in [6.45, 7) is 8.38. The quantitative estimate of drug-likeness (QED) is 0.171. The third-order valence-corrected chi connectivity index (χ3v) is 10.9. The summed E-state index contributed by atoms with van der Waals surface area (Å²) in [5.74, 6) is 0. The van der Waals surface area contributed by atoms with Crippen molar-refractivity contribution in [3.8, 4) is 22.3 Å². The van der Waals surface area contributed by atoms with Gasteiger partial charge in [0, 0.05) is 42.8 Å². The first-order valence-corrected chi connectivity index (χ1v) is 17.0. The Hall–Kier alpha value is -4.68. The summed E-state index contributed by atoms with van der Waals surface area (Å²) < 4.78 is 15.3. The van der Waals surface area contributed by atoms with Crippen LogP contribution in [0.5, 0.6) is 0 Å². The van der Waals surface area contributed by atoms with Crippen molar-refractivity contribution in [2.75, 3.05) is 4.90 Å². The van der Waals surface area contributed by atoms with Crippen LogP contribution in [0.15, 0.2) is 146 Å². The lowest BCUT2D eigenvalue weighted by molar-refractivity contribution is 0.00578. The van der Waals surface area contributed by atoms with Crippen molar-refractivity contribution in [3.05, 3.63) is 146 Å². The molecule has 5 heteroatoms. The molecule has 2 heterocycles. The predicted molar refractivity (Wildman–Crippen MR) is 201 cm³/mol. The fourth-order valence-electron chi connectivity index (χ4n) is 6.41. The van der Waals surface area contributed by atoms with E-state index >= 15 is 0 Å². The molecule has 0 radical (unpaired) electrons. The number of hydrogen-bond acceptors (Lipinski definition) is 4. The second kappa shape index (κ2) is 11.5. The molecule has 0 saturated carbocycles. The predicted octanol–water partition coefficient (Wildman–Crippen LogP) is 11.2. The normalized spacial score (nSPS) is 15.4. The van der Waals surface area contributed by atoms with Gasteiger partial charge in [-0.2, -0.15) is 0 Å². The Morgan fingerprint density at radius 2 is 1.06 bits per heavy atom. The van der Waals surface area contributed by atoms with Crippen LogP contribution < -0.4 is 10.4 Å². The Labute approximate surface area is 281 Å². The van der Waals surface area contributed by atoms with Crippen LogP contribution in [0.25, 0.3) is 42.4 Å². The minimum atomic E-state index is -0.392. The Balaban J connectivity index is 1.27. The summed E-state index contributed by atoms with van der Waals surface area (Å²) >= 11 is 1.86. The van der Waals surface area contributed by atoms with Crippen LogP contribution in [0.1, 0.15) is 27.7 Å². The molecule has 47 heavy (non-hydrogen) atoms. The molecule has 0 N–H and O–H groups in total. The molecule has 1 saturated heterocycles. The second-order valence-electron chi connectivity index (χ2n) is 13.3. The SMILES string of the molecule is CC1(C)OB(c2ccc(-c3cc(N(c4ccccc4)c4ccc(-c5ccccc5)cc4)cc4c3sc3ccccc34)cc2)OC1(C)C. The van der Waals surface area contributed by atoms with E-state index in [4.69, 9.17) is 9.31 Å². The molecule has 1 aliphatic rings. The molecule has 1 aliphatic heterocycles. The van der Waals surface area contributed by atoms with Crippen LogP contribution in [-0.4, -0.2) is 18.3 Å². The summed E-state index contributed by atoms with van der Waals surface area (Å²) in [6, 6.07) is 52.2. The maximum absolute atomic E-state index is 6.36. The fourth-order valence-corrected chi connectivity index (χ4v) is 7.63. The largest absolute Gasteiger partial charge is 0.494 e. The molecule has 0 spiro atoms. The Morgan fingerprint density at radius 1 is 0.511 bits per heavy atom. The van der Waals surface area contributed by atoms with Crippen molar-refractivity contribution in [3.63, 3.8) is 0 Å². The Bertz CT molecular complexity index is 2170. The number of nitrogens with zero attached hydrogens (tertiary/aromatic N) is 1. The van der Waals surface area contributed by atoms with Crippen LogP contribution in [-0.2, 0) is 9.31 Å². The van der Waals surface area contributed by atoms with Crippen LogP contribution in [0.4, 0.5) is 17.1 Å². The molecule has 0 bridgehead atoms. The summed E-state index contributed by atoms with van der Waals surface area (Å²) in [5, 5.41) is 2.53. The summed E-state index contributed by atoms with van der Waals surface area (Å²) in [6.07, 6.45) is 0. The number of rotatable bonds is 6. The highest BCUT2D eigenvalue weighted by Gasteiger charge is 2.51. The molecule has 6 aromatic carbocycles. The minimum Gasteiger partial charge on any atom is -0.399 e. The van der Waals surface area contributed by atoms with E-state index in [-0.39, 0.29) is 11.2 Å². The van der Waals surface area contributed by atoms with Gasteiger partial charge in [0.15, 0.2) is 0 Å². The number of para-hydroxylation sites is 1. The number of hydrogen-bond donors (Lipinski definition) is 0. The molecule has 0 aliphatic carbocycles. The van der Waals surface area contributed by atoms with Crippen LogP contribution >= 0.6 is 11.3 Å². The summed E-state index contributed by atoms with van der Waals surface area (Å²) in [4.78, 5) is 2.36. The van der Waals surface area contributed by atoms with E-state index in [1.54, 1.807) is 0 Å². The highest BCUT2D eigenvalue weighted by atomic mass is 32.1. The van der Waals surface area contributed by atoms with E-state index < -0.39 is 7.12 Å². The first kappa shape index (κ1) is 29.7. The van der Waals surface area contributed by atoms with Gasteiger partial charge in [0.1, 0.15) is 0 Å². The van der Waals surface area contributed by atoms with E-state index in [0.29, 0.717) is 0 Å². The van der Waals surface area contributed by atoms with Gasteiger partial charge in [-0.15, -0.1) is 11.3 Å². The smallest absolute Gasteiger partial charge is 0.399 e. The Morgan fingerprint density at radius 3 is 1.74 bits per heavy atom. The first-order chi connectivity index (χ1) is 22.8. The molecule has 1 fully saturated rings. The molecule has 0 amide bonds. The van der Waals surface area contributed by atoms with E-state index in [9.17, 15) is 0 Å². The maximum atomic E-state index is 6.36. The topological polar surface area (TPSA) is 21.7 Å². The molecular formula is C42H36BNO2S. The van der Waals surface area contributed by atoms with Crippen molar-refractivity contribution < 1.29 is 9.31 Å². The van der Waals surface area contributed by atoms with Crippen molar-refractivity contribution >= 4 is 61.2 Å². The van der Waals surface area contributed by atoms with E-state index in [1.807, 2.05) is 11.3 Å². The maximum Gasteiger partial charge on any atom is 0.494 e. The number of thiophene rings is 1. The highest BCUT2D eigenvalue weighted by molar-refractivity contribution is 7.26. The van der Waals surface area contributed by atoms with Crippen molar-refractivity contribution in [2.45, 2.75) is 38.9 Å². The van der Waals surface area contributed by atoms with Crippen molar-refractivity contribution in [1.82, 2.24) is 0 Å². The molecule has 8 rings (SSSR count). The van der Waals surface area contributed by atoms with Gasteiger partial charge in [-0.1, -0.05) is 103 Å². The van der Waals surface area contributed by atoms with Gasteiger partial charge in [0.25, 0.3) is 0 Å². The van der Waals surface area contributed by atoms with Crippen LogP contribution in [0.2, 0.25) is 0 Å². The van der Waals surface area contributed by atoms with Gasteiger partial charge in [-0.05, 0) is 92.3 Å². The zero-order chi connectivity index (χ0) is 32.2. The van der Waals surface area contributed by atoms with Gasteiger partial charge in [0.2, 0.25) is 0 Å². The lowest BCUT2D eigenvalue weighted by atomic mass is 9.78. The molecular weight excluding hydrogens is 593 g/mol. The van der Waals surface area contributed by atoms with E-state index in [0.717, 1.165) is 28.1 Å². The lowest BCUT2D eigenvalue weighted by Gasteiger charge is -2.32. The number of anilines is 3. The van der Waals surface area contributed by atoms with Gasteiger partial charge in [-0.25, -0.2) is 0 Å². The molecule has 0 atom stereocenters. The van der Waals surface area contributed by atoms with Gasteiger partial charge in [0.05, 0.1) is 11.2 Å². The fraction of sp³-hybridized carbons (Fsp3) is 0.143. The average molecular weight is 630 g/mol. The standard InChI is InChI=1S/C42H36BNO2S/c1-41(2)42(3,4)46-43(45-41)32-23-19-31(20-24-32)37-27-35(28-38-36-17-11-12-18-39(36)47-40(37)38)44(33-15-9-6-10-16-33)34-25-21-30(22-26-34)29-13-7-5-8-14-29/h5-28H,1-4H3. The van der Waals surface area contributed by atoms with E-state index in [2.05, 4.69) is 178 Å². The molecule has 3 nitrogen and oxygen atoms in total. The van der Waals surface area contributed by atoms with Gasteiger partial charge in [-0.3, -0.25) is 0 Å². The van der Waals surface area contributed by atoms with Gasteiger partial charge >= 0.3 is 7.12 Å². The molecule has 230 valence electrons. The number of fused-ring (bicyclic) bond motifs is 3. The zero-order valence-electron chi connectivity index (χ0n) is 27.1. The molecule has 1 aromatic heterocycles. The van der Waals surface area contributed by atoms with Crippen molar-refractivity contribution in [1.29, 1.82) is 0 Å².